The Morgan fingerprint density at radius 2 is 1.56 bits per heavy atom. The third kappa shape index (κ3) is 9.64. The number of piperidine rings is 1. The largest absolute Gasteiger partial charge is 0.383 e. The lowest BCUT2D eigenvalue weighted by molar-refractivity contribution is -0.136. The molecule has 1 fully saturated rings. The van der Waals surface area contributed by atoms with E-state index in [0.717, 1.165) is 71.3 Å². The molecule has 4 heterocycles. The molecule has 5 N–H and O–H groups in total. The van der Waals surface area contributed by atoms with Crippen LogP contribution in [0.1, 0.15) is 90.5 Å². The number of rotatable bonds is 18. The second-order valence-corrected chi connectivity index (χ2v) is 15.4. The minimum atomic E-state index is -1.04. The van der Waals surface area contributed by atoms with Crippen LogP contribution in [0.5, 0.6) is 0 Å². The van der Waals surface area contributed by atoms with Gasteiger partial charge in [-0.05, 0) is 55.7 Å². The van der Waals surface area contributed by atoms with E-state index in [1.54, 1.807) is 24.5 Å². The van der Waals surface area contributed by atoms with E-state index in [2.05, 4.69) is 36.4 Å². The Morgan fingerprint density at radius 3 is 2.32 bits per heavy atom. The zero-order chi connectivity index (χ0) is 41.5. The van der Waals surface area contributed by atoms with Crippen molar-refractivity contribution in [1.82, 2.24) is 35.3 Å². The van der Waals surface area contributed by atoms with Crippen molar-refractivity contribution in [1.29, 1.82) is 0 Å². The summed E-state index contributed by atoms with van der Waals surface area (Å²) in [6, 6.07) is 16.9. The summed E-state index contributed by atoms with van der Waals surface area (Å²) in [6.45, 7) is 1.10. The molecule has 3 aromatic carbocycles. The van der Waals surface area contributed by atoms with E-state index >= 15 is 0 Å². The van der Waals surface area contributed by atoms with Crippen LogP contribution in [0.15, 0.2) is 67.0 Å². The molecular formula is C42H43Cl2N9O6. The monoisotopic (exact) mass is 839 g/mol. The molecule has 2 aromatic heterocycles. The molecular weight excluding hydrogens is 797 g/mol. The van der Waals surface area contributed by atoms with Gasteiger partial charge in [-0.25, -0.2) is 4.98 Å². The number of halogens is 2. The second kappa shape index (κ2) is 18.7. The van der Waals surface area contributed by atoms with Crippen LogP contribution in [-0.4, -0.2) is 79.2 Å². The van der Waals surface area contributed by atoms with Crippen molar-refractivity contribution >= 4 is 81.2 Å². The second-order valence-electron chi connectivity index (χ2n) is 14.6. The van der Waals surface area contributed by atoms with Gasteiger partial charge < -0.3 is 20.5 Å². The van der Waals surface area contributed by atoms with Gasteiger partial charge in [0.2, 0.25) is 23.6 Å². The minimum Gasteiger partial charge on any atom is -0.383 e. The summed E-state index contributed by atoms with van der Waals surface area (Å²) in [5.41, 5.74) is 4.99. The van der Waals surface area contributed by atoms with E-state index in [1.807, 2.05) is 41.0 Å². The van der Waals surface area contributed by atoms with Gasteiger partial charge in [-0.1, -0.05) is 67.1 Å². The highest BCUT2D eigenvalue weighted by atomic mass is 35.5. The van der Waals surface area contributed by atoms with E-state index in [0.29, 0.717) is 54.0 Å². The summed E-state index contributed by atoms with van der Waals surface area (Å²) in [5.74, 6) is -1.99. The first-order valence-electron chi connectivity index (χ1n) is 19.7. The van der Waals surface area contributed by atoms with Gasteiger partial charge in [0.15, 0.2) is 5.82 Å². The summed E-state index contributed by atoms with van der Waals surface area (Å²) >= 11 is 12.8. The topological polar surface area (TPSA) is 200 Å². The van der Waals surface area contributed by atoms with Crippen LogP contribution >= 0.6 is 23.2 Å². The fourth-order valence-electron chi connectivity index (χ4n) is 7.37. The normalized spacial score (nSPS) is 15.1. The molecule has 1 atom stereocenters. The number of unbranched alkanes of at least 4 members (excludes halogenated alkanes) is 5. The zero-order valence-electron chi connectivity index (χ0n) is 32.1. The van der Waals surface area contributed by atoms with Crippen LogP contribution in [0.25, 0.3) is 22.3 Å². The van der Waals surface area contributed by atoms with Crippen LogP contribution in [-0.2, 0) is 25.7 Å². The summed E-state index contributed by atoms with van der Waals surface area (Å²) < 4.78 is 1.99. The number of carbonyl (C=O) groups is 6. The number of imidazole rings is 1. The molecule has 59 heavy (non-hydrogen) atoms. The molecule has 6 amide bonds. The average Bonchev–Trinajstić information content (AvgIpc) is 3.92. The third-order valence-electron chi connectivity index (χ3n) is 10.5. The minimum absolute atomic E-state index is 0.0464. The first kappa shape index (κ1) is 41.1. The lowest BCUT2D eigenvalue weighted by atomic mass is 10.0. The number of aromatic nitrogens is 4. The van der Waals surface area contributed by atoms with Crippen molar-refractivity contribution in [2.45, 2.75) is 76.8 Å². The standard InChI is InChI=1S/C42H43Cl2N9O6/c43-28-10-8-11-29(44)27(28)23-52-24-47-30-16-15-25(21-34(30)52)32-22-35(51-50-32)48-37(55)14-6-4-2-1-3-5-13-36(54)46-20-19-45-31-12-7-9-26-39(31)42(59)53(41(26)58)33-17-18-38(56)49-40(33)57/h7-12,15-16,21-22,24,33,45H,1-6,13-14,17-20,23H2,(H,46,54)(H,49,56,57)(H2,48,50,51,55). The molecule has 0 aliphatic carbocycles. The quantitative estimate of drug-likeness (QED) is 0.0485. The third-order valence-corrected chi connectivity index (χ3v) is 11.2. The molecule has 5 aromatic rings. The SMILES string of the molecule is O=C(CCCCCCCCC(=O)Nc1cc(-c2ccc3ncn(Cc4c(Cl)cccc4Cl)c3c2)[nH]n1)NCCNc1cccc2c1C(=O)N(C1CCC(=O)NC1=O)C2=O. The Labute approximate surface area is 349 Å². The number of imide groups is 2. The zero-order valence-corrected chi connectivity index (χ0v) is 33.6. The maximum atomic E-state index is 13.2. The van der Waals surface area contributed by atoms with Crippen LogP contribution in [0.3, 0.4) is 0 Å². The summed E-state index contributed by atoms with van der Waals surface area (Å²) in [4.78, 5) is 80.7. The Morgan fingerprint density at radius 1 is 0.831 bits per heavy atom. The van der Waals surface area contributed by atoms with Gasteiger partial charge in [-0.2, -0.15) is 5.10 Å². The van der Waals surface area contributed by atoms with E-state index in [9.17, 15) is 28.8 Å². The van der Waals surface area contributed by atoms with Crippen molar-refractivity contribution < 1.29 is 28.8 Å². The van der Waals surface area contributed by atoms with Gasteiger partial charge in [0.25, 0.3) is 11.8 Å². The Balaban J connectivity index is 0.758. The van der Waals surface area contributed by atoms with Crippen molar-refractivity contribution in [2.24, 2.45) is 0 Å². The van der Waals surface area contributed by atoms with Gasteiger partial charge in [0.1, 0.15) is 6.04 Å². The molecule has 0 saturated carbocycles. The number of carbonyl (C=O) groups excluding carboxylic acids is 6. The van der Waals surface area contributed by atoms with Gasteiger partial charge >= 0.3 is 0 Å². The van der Waals surface area contributed by atoms with E-state index in [-0.39, 0.29) is 35.8 Å². The molecule has 2 aliphatic heterocycles. The molecule has 0 radical (unpaired) electrons. The number of hydrogen-bond donors (Lipinski definition) is 5. The first-order chi connectivity index (χ1) is 28.6. The number of hydrogen-bond acceptors (Lipinski definition) is 9. The number of nitrogens with zero attached hydrogens (tertiary/aromatic N) is 4. The predicted octanol–water partition coefficient (Wildman–Crippen LogP) is 6.47. The number of benzene rings is 3. The molecule has 0 spiro atoms. The number of nitrogens with one attached hydrogen (secondary N) is 5. The number of amides is 6. The molecule has 306 valence electrons. The van der Waals surface area contributed by atoms with Gasteiger partial charge in [-0.3, -0.25) is 44.1 Å². The van der Waals surface area contributed by atoms with Crippen LogP contribution in [0.2, 0.25) is 10.0 Å². The van der Waals surface area contributed by atoms with Gasteiger partial charge in [0.05, 0.1) is 40.7 Å². The highest BCUT2D eigenvalue weighted by Crippen LogP contribution is 2.33. The van der Waals surface area contributed by atoms with Crippen molar-refractivity contribution in [2.75, 3.05) is 23.7 Å². The van der Waals surface area contributed by atoms with Crippen molar-refractivity contribution in [3.8, 4) is 11.3 Å². The van der Waals surface area contributed by atoms with E-state index < -0.39 is 29.7 Å². The highest BCUT2D eigenvalue weighted by Gasteiger charge is 2.45. The molecule has 0 bridgehead atoms. The highest BCUT2D eigenvalue weighted by molar-refractivity contribution is 6.36. The molecule has 1 saturated heterocycles. The molecule has 17 heteroatoms. The Hall–Kier alpha value is -6.06. The maximum absolute atomic E-state index is 13.2. The van der Waals surface area contributed by atoms with Crippen molar-refractivity contribution in [3.63, 3.8) is 0 Å². The van der Waals surface area contributed by atoms with Crippen molar-refractivity contribution in [3.05, 3.63) is 93.7 Å². The average molecular weight is 841 g/mol. The Kier molecular flexibility index (Phi) is 13.0. The lowest BCUT2D eigenvalue weighted by Gasteiger charge is -2.27. The molecule has 7 rings (SSSR count). The first-order valence-corrected chi connectivity index (χ1v) is 20.4. The number of aromatic amines is 1. The fourth-order valence-corrected chi connectivity index (χ4v) is 7.89. The van der Waals surface area contributed by atoms with Gasteiger partial charge in [0, 0.05) is 65.3 Å². The lowest BCUT2D eigenvalue weighted by Crippen LogP contribution is -2.54. The summed E-state index contributed by atoms with van der Waals surface area (Å²) in [5, 5.41) is 19.5. The van der Waals surface area contributed by atoms with Crippen LogP contribution < -0.4 is 21.3 Å². The molecule has 2 aliphatic rings. The number of H-pyrrole nitrogens is 1. The summed E-state index contributed by atoms with van der Waals surface area (Å²) in [6.07, 6.45) is 7.83. The van der Waals surface area contributed by atoms with E-state index in [1.165, 1.54) is 6.07 Å². The Bertz CT molecular complexity index is 2410. The number of anilines is 2. The fraction of sp³-hybridized carbons (Fsp3) is 0.333. The predicted molar refractivity (Wildman–Crippen MR) is 223 cm³/mol. The van der Waals surface area contributed by atoms with Crippen LogP contribution in [0.4, 0.5) is 11.5 Å². The van der Waals surface area contributed by atoms with Crippen LogP contribution in [0, 0.1) is 0 Å². The smallest absolute Gasteiger partial charge is 0.264 e. The maximum Gasteiger partial charge on any atom is 0.264 e. The van der Waals surface area contributed by atoms with Gasteiger partial charge in [-0.15, -0.1) is 0 Å². The van der Waals surface area contributed by atoms with E-state index in [4.69, 9.17) is 23.2 Å². The molecule has 15 nitrogen and oxygen atoms in total. The number of fused-ring (bicyclic) bond motifs is 2. The molecule has 1 unspecified atom stereocenters. The summed E-state index contributed by atoms with van der Waals surface area (Å²) in [7, 11) is 0.